The molecule has 0 aliphatic carbocycles. The van der Waals surface area contributed by atoms with Crippen LogP contribution in [0.2, 0.25) is 0 Å². The predicted octanol–water partition coefficient (Wildman–Crippen LogP) is 1.66. The van der Waals surface area contributed by atoms with Crippen LogP contribution in [0.3, 0.4) is 0 Å². The number of primary amides is 1. The highest BCUT2D eigenvalue weighted by Gasteiger charge is 2.43. The molecule has 1 aliphatic rings. The largest absolute Gasteiger partial charge is 0.489 e. The molecule has 1 saturated heterocycles. The summed E-state index contributed by atoms with van der Waals surface area (Å²) >= 11 is 0. The van der Waals surface area contributed by atoms with Gasteiger partial charge >= 0.3 is 0 Å². The van der Waals surface area contributed by atoms with Crippen molar-refractivity contribution in [3.8, 4) is 5.75 Å². The Hall–Kier alpha value is -2.45. The van der Waals surface area contributed by atoms with Gasteiger partial charge in [0.1, 0.15) is 23.7 Å². The quantitative estimate of drug-likeness (QED) is 0.828. The molecule has 0 aromatic heterocycles. The summed E-state index contributed by atoms with van der Waals surface area (Å²) in [5.41, 5.74) is 5.43. The standard InChI is InChI=1S/C18H19FN2O4S/c19-16-9-5-4-6-13(16)12-26(23,24)21-11-15(10-17(21)18(20)22)25-14-7-2-1-3-8-14/h1-9,15,17H,10-12H2,(H2,20,22)/t15-,17-/m0/s1. The maximum absolute atomic E-state index is 13.8. The Morgan fingerprint density at radius 3 is 2.46 bits per heavy atom. The first-order valence-electron chi connectivity index (χ1n) is 8.11. The monoisotopic (exact) mass is 378 g/mol. The van der Waals surface area contributed by atoms with E-state index >= 15 is 0 Å². The summed E-state index contributed by atoms with van der Waals surface area (Å²) in [6.45, 7) is -0.0146. The Bertz CT molecular complexity index is 889. The van der Waals surface area contributed by atoms with Gasteiger partial charge in [-0.15, -0.1) is 0 Å². The van der Waals surface area contributed by atoms with E-state index in [1.807, 2.05) is 6.07 Å². The van der Waals surface area contributed by atoms with Crippen molar-refractivity contribution in [2.45, 2.75) is 24.3 Å². The lowest BCUT2D eigenvalue weighted by Gasteiger charge is -2.21. The van der Waals surface area contributed by atoms with Gasteiger partial charge < -0.3 is 10.5 Å². The zero-order chi connectivity index (χ0) is 18.7. The van der Waals surface area contributed by atoms with Crippen molar-refractivity contribution in [2.24, 2.45) is 5.73 Å². The van der Waals surface area contributed by atoms with Gasteiger partial charge in [0.15, 0.2) is 0 Å². The van der Waals surface area contributed by atoms with Crippen LogP contribution in [0.25, 0.3) is 0 Å². The lowest BCUT2D eigenvalue weighted by atomic mass is 10.2. The van der Waals surface area contributed by atoms with Gasteiger partial charge in [0.25, 0.3) is 0 Å². The summed E-state index contributed by atoms with van der Waals surface area (Å²) in [4.78, 5) is 11.8. The number of benzene rings is 2. The number of amides is 1. The molecule has 2 aromatic carbocycles. The highest BCUT2D eigenvalue weighted by Crippen LogP contribution is 2.27. The normalized spacial score (nSPS) is 20.8. The zero-order valence-corrected chi connectivity index (χ0v) is 14.7. The number of ether oxygens (including phenoxy) is 1. The lowest BCUT2D eigenvalue weighted by molar-refractivity contribution is -0.121. The SMILES string of the molecule is NC(=O)[C@@H]1C[C@H](Oc2ccccc2)CN1S(=O)(=O)Cc1ccccc1F. The minimum absolute atomic E-state index is 0.0146. The highest BCUT2D eigenvalue weighted by molar-refractivity contribution is 7.88. The van der Waals surface area contributed by atoms with Crippen LogP contribution in [0.5, 0.6) is 5.75 Å². The van der Waals surface area contributed by atoms with Crippen molar-refractivity contribution in [1.29, 1.82) is 0 Å². The van der Waals surface area contributed by atoms with E-state index in [0.717, 1.165) is 4.31 Å². The Kier molecular flexibility index (Phi) is 5.24. The van der Waals surface area contributed by atoms with E-state index in [0.29, 0.717) is 5.75 Å². The van der Waals surface area contributed by atoms with Crippen LogP contribution in [0.4, 0.5) is 4.39 Å². The fraction of sp³-hybridized carbons (Fsp3) is 0.278. The molecule has 2 aromatic rings. The third kappa shape index (κ3) is 4.03. The summed E-state index contributed by atoms with van der Waals surface area (Å²) in [7, 11) is -3.94. The van der Waals surface area contributed by atoms with Crippen molar-refractivity contribution < 1.29 is 22.3 Å². The van der Waals surface area contributed by atoms with Gasteiger partial charge in [0.2, 0.25) is 15.9 Å². The first kappa shape index (κ1) is 18.3. The number of nitrogens with two attached hydrogens (primary N) is 1. The van der Waals surface area contributed by atoms with Crippen LogP contribution in [0.1, 0.15) is 12.0 Å². The molecule has 1 aliphatic heterocycles. The van der Waals surface area contributed by atoms with Crippen LogP contribution in [-0.4, -0.2) is 37.3 Å². The third-order valence-corrected chi connectivity index (χ3v) is 6.04. The second kappa shape index (κ2) is 7.43. The number of hydrogen-bond donors (Lipinski definition) is 1. The second-order valence-electron chi connectivity index (χ2n) is 6.12. The molecule has 0 saturated carbocycles. The van der Waals surface area contributed by atoms with E-state index in [4.69, 9.17) is 10.5 Å². The lowest BCUT2D eigenvalue weighted by Crippen LogP contribution is -2.44. The summed E-state index contributed by atoms with van der Waals surface area (Å²) in [6.07, 6.45) is -0.355. The Morgan fingerprint density at radius 1 is 1.15 bits per heavy atom. The molecule has 3 rings (SSSR count). The summed E-state index contributed by atoms with van der Waals surface area (Å²) < 4.78 is 46.1. The van der Waals surface area contributed by atoms with Crippen LogP contribution >= 0.6 is 0 Å². The summed E-state index contributed by atoms with van der Waals surface area (Å²) in [5, 5.41) is 0. The molecule has 8 heteroatoms. The van der Waals surface area contributed by atoms with Gasteiger partial charge in [-0.3, -0.25) is 4.79 Å². The molecule has 0 unspecified atom stereocenters. The fourth-order valence-corrected chi connectivity index (χ4v) is 4.77. The van der Waals surface area contributed by atoms with Crippen LogP contribution < -0.4 is 10.5 Å². The summed E-state index contributed by atoms with van der Waals surface area (Å²) in [6, 6.07) is 13.5. The van der Waals surface area contributed by atoms with Crippen molar-refractivity contribution in [3.63, 3.8) is 0 Å². The van der Waals surface area contributed by atoms with E-state index in [-0.39, 0.29) is 18.5 Å². The van der Waals surface area contributed by atoms with Gasteiger partial charge in [-0.05, 0) is 18.2 Å². The highest BCUT2D eigenvalue weighted by atomic mass is 32.2. The average molecular weight is 378 g/mol. The number of halogens is 1. The molecule has 26 heavy (non-hydrogen) atoms. The van der Waals surface area contributed by atoms with Crippen LogP contribution in [-0.2, 0) is 20.6 Å². The number of nitrogens with zero attached hydrogens (tertiary/aromatic N) is 1. The Balaban J connectivity index is 1.80. The molecular formula is C18H19FN2O4S. The number of carbonyl (C=O) groups is 1. The van der Waals surface area contributed by atoms with Crippen molar-refractivity contribution in [2.75, 3.05) is 6.54 Å². The van der Waals surface area contributed by atoms with E-state index in [1.165, 1.54) is 18.2 Å². The van der Waals surface area contributed by atoms with Gasteiger partial charge in [-0.2, -0.15) is 4.31 Å². The van der Waals surface area contributed by atoms with Gasteiger partial charge in [-0.25, -0.2) is 12.8 Å². The van der Waals surface area contributed by atoms with E-state index in [9.17, 15) is 17.6 Å². The molecule has 6 nitrogen and oxygen atoms in total. The predicted molar refractivity (Wildman–Crippen MR) is 94.2 cm³/mol. The van der Waals surface area contributed by atoms with Crippen molar-refractivity contribution >= 4 is 15.9 Å². The van der Waals surface area contributed by atoms with Crippen LogP contribution in [0, 0.1) is 5.82 Å². The maximum Gasteiger partial charge on any atom is 0.236 e. The number of sulfonamides is 1. The summed E-state index contributed by atoms with van der Waals surface area (Å²) in [5.74, 6) is -1.32. The van der Waals surface area contributed by atoms with Crippen molar-refractivity contribution in [3.05, 3.63) is 66.0 Å². The number of para-hydroxylation sites is 1. The first-order valence-corrected chi connectivity index (χ1v) is 9.71. The molecule has 2 N–H and O–H groups in total. The fourth-order valence-electron chi connectivity index (χ4n) is 3.01. The Labute approximate surface area is 151 Å². The third-order valence-electron chi connectivity index (χ3n) is 4.24. The minimum atomic E-state index is -3.94. The van der Waals surface area contributed by atoms with Crippen LogP contribution in [0.15, 0.2) is 54.6 Å². The molecule has 138 valence electrons. The van der Waals surface area contributed by atoms with Gasteiger partial charge in [-0.1, -0.05) is 36.4 Å². The smallest absolute Gasteiger partial charge is 0.236 e. The van der Waals surface area contributed by atoms with Crippen molar-refractivity contribution in [1.82, 2.24) is 4.31 Å². The number of carbonyl (C=O) groups excluding carboxylic acids is 1. The second-order valence-corrected chi connectivity index (χ2v) is 8.05. The maximum atomic E-state index is 13.8. The molecule has 1 fully saturated rings. The number of rotatable bonds is 6. The average Bonchev–Trinajstić information content (AvgIpc) is 3.03. The van der Waals surface area contributed by atoms with Gasteiger partial charge in [0, 0.05) is 12.0 Å². The molecule has 0 spiro atoms. The topological polar surface area (TPSA) is 89.7 Å². The molecule has 1 amide bonds. The van der Waals surface area contributed by atoms with Gasteiger partial charge in [0.05, 0.1) is 12.3 Å². The minimum Gasteiger partial charge on any atom is -0.489 e. The molecule has 0 radical (unpaired) electrons. The molecular weight excluding hydrogens is 359 g/mol. The number of hydrogen-bond acceptors (Lipinski definition) is 4. The zero-order valence-electron chi connectivity index (χ0n) is 13.9. The van der Waals surface area contributed by atoms with E-state index in [1.54, 1.807) is 30.3 Å². The molecule has 2 atom stereocenters. The first-order chi connectivity index (χ1) is 12.4. The van der Waals surface area contributed by atoms with E-state index in [2.05, 4.69) is 0 Å². The Morgan fingerprint density at radius 2 is 1.81 bits per heavy atom. The van der Waals surface area contributed by atoms with E-state index < -0.39 is 39.6 Å². The molecule has 0 bridgehead atoms. The molecule has 1 heterocycles.